The van der Waals surface area contributed by atoms with Crippen molar-refractivity contribution in [2.75, 3.05) is 13.1 Å². The predicted molar refractivity (Wildman–Crippen MR) is 74.5 cm³/mol. The molecule has 0 aromatic rings. The average Bonchev–Trinajstić information content (AvgIpc) is 2.40. The van der Waals surface area contributed by atoms with Crippen LogP contribution in [-0.2, 0) is 4.79 Å². The molecule has 3 heteroatoms. The fourth-order valence-electron chi connectivity index (χ4n) is 3.46. The molecule has 2 unspecified atom stereocenters. The molecular formula is C15H28N2O. The molecule has 0 spiro atoms. The highest BCUT2D eigenvalue weighted by atomic mass is 16.2. The van der Waals surface area contributed by atoms with E-state index in [0.717, 1.165) is 19.5 Å². The van der Waals surface area contributed by atoms with Gasteiger partial charge in [0.2, 0.25) is 5.91 Å². The van der Waals surface area contributed by atoms with Crippen molar-refractivity contribution >= 4 is 5.91 Å². The molecule has 1 amide bonds. The summed E-state index contributed by atoms with van der Waals surface area (Å²) in [5.41, 5.74) is -0.290. The minimum Gasteiger partial charge on any atom is -0.338 e. The first-order chi connectivity index (χ1) is 8.67. The molecule has 2 aliphatic heterocycles. The highest BCUT2D eigenvalue weighted by Gasteiger charge is 2.40. The van der Waals surface area contributed by atoms with Crippen LogP contribution in [0.2, 0.25) is 0 Å². The number of nitrogens with zero attached hydrogens (tertiary/aromatic N) is 1. The summed E-state index contributed by atoms with van der Waals surface area (Å²) in [5.74, 6) is 0.361. The Morgan fingerprint density at radius 2 is 2.17 bits per heavy atom. The van der Waals surface area contributed by atoms with Gasteiger partial charge in [0.15, 0.2) is 0 Å². The van der Waals surface area contributed by atoms with Crippen molar-refractivity contribution < 1.29 is 4.79 Å². The van der Waals surface area contributed by atoms with Crippen molar-refractivity contribution in [2.24, 2.45) is 0 Å². The Morgan fingerprint density at radius 1 is 1.33 bits per heavy atom. The number of nitrogens with one attached hydrogen (secondary N) is 1. The average molecular weight is 252 g/mol. The number of rotatable bonds is 3. The molecule has 0 aromatic carbocycles. The summed E-state index contributed by atoms with van der Waals surface area (Å²) in [7, 11) is 0. The van der Waals surface area contributed by atoms with Gasteiger partial charge in [0, 0.05) is 12.6 Å². The van der Waals surface area contributed by atoms with Crippen molar-refractivity contribution in [1.29, 1.82) is 0 Å². The zero-order valence-corrected chi connectivity index (χ0v) is 12.0. The lowest BCUT2D eigenvalue weighted by Crippen LogP contribution is -2.60. The minimum atomic E-state index is -0.290. The second-order valence-corrected chi connectivity index (χ2v) is 6.15. The molecule has 2 heterocycles. The van der Waals surface area contributed by atoms with Crippen molar-refractivity contribution in [1.82, 2.24) is 10.2 Å². The molecule has 3 nitrogen and oxygen atoms in total. The fourth-order valence-corrected chi connectivity index (χ4v) is 3.46. The van der Waals surface area contributed by atoms with Crippen molar-refractivity contribution in [3.05, 3.63) is 0 Å². The molecule has 2 rings (SSSR count). The lowest BCUT2D eigenvalue weighted by Gasteiger charge is -2.43. The highest BCUT2D eigenvalue weighted by molar-refractivity contribution is 5.86. The minimum absolute atomic E-state index is 0.290. The van der Waals surface area contributed by atoms with Crippen molar-refractivity contribution in [2.45, 2.75) is 76.8 Å². The molecule has 0 aliphatic carbocycles. The summed E-state index contributed by atoms with van der Waals surface area (Å²) in [6, 6.07) is 0.497. The molecule has 2 aliphatic rings. The summed E-state index contributed by atoms with van der Waals surface area (Å²) in [5, 5.41) is 3.46. The number of likely N-dealkylation sites (tertiary alicyclic amines) is 1. The van der Waals surface area contributed by atoms with E-state index in [0.29, 0.717) is 11.9 Å². The quantitative estimate of drug-likeness (QED) is 0.837. The standard InChI is InChI=1S/C15H28N2O/c1-3-8-13-9-4-7-12-17(13)14(18)15(2)10-5-6-11-16-15/h13,16H,3-12H2,1-2H3. The van der Waals surface area contributed by atoms with Gasteiger partial charge in [0.25, 0.3) is 0 Å². The lowest BCUT2D eigenvalue weighted by molar-refractivity contribution is -0.142. The summed E-state index contributed by atoms with van der Waals surface area (Å²) < 4.78 is 0. The van der Waals surface area contributed by atoms with Crippen molar-refractivity contribution in [3.63, 3.8) is 0 Å². The molecule has 18 heavy (non-hydrogen) atoms. The third-order valence-corrected chi connectivity index (χ3v) is 4.60. The number of amides is 1. The predicted octanol–water partition coefficient (Wildman–Crippen LogP) is 2.70. The normalized spacial score (nSPS) is 33.4. The Kier molecular flexibility index (Phi) is 4.66. The lowest BCUT2D eigenvalue weighted by atomic mass is 9.87. The number of piperidine rings is 2. The maximum absolute atomic E-state index is 12.8. The van der Waals surface area contributed by atoms with Crippen LogP contribution in [0.5, 0.6) is 0 Å². The van der Waals surface area contributed by atoms with E-state index in [1.54, 1.807) is 0 Å². The Bertz CT molecular complexity index is 282. The summed E-state index contributed by atoms with van der Waals surface area (Å²) in [4.78, 5) is 15.0. The van der Waals surface area contributed by atoms with Crippen LogP contribution in [0.25, 0.3) is 0 Å². The molecule has 0 aromatic heterocycles. The fraction of sp³-hybridized carbons (Fsp3) is 0.933. The van der Waals surface area contributed by atoms with Crippen LogP contribution in [0.1, 0.15) is 65.2 Å². The Labute approximate surface area is 111 Å². The van der Waals surface area contributed by atoms with Crippen LogP contribution in [-0.4, -0.2) is 35.5 Å². The largest absolute Gasteiger partial charge is 0.338 e. The molecule has 2 atom stereocenters. The van der Waals surface area contributed by atoms with Crippen LogP contribution < -0.4 is 5.32 Å². The molecule has 104 valence electrons. The van der Waals surface area contributed by atoms with Gasteiger partial charge in [0.1, 0.15) is 0 Å². The molecule has 1 N–H and O–H groups in total. The van der Waals surface area contributed by atoms with Crippen LogP contribution in [0.3, 0.4) is 0 Å². The van der Waals surface area contributed by atoms with Gasteiger partial charge in [-0.15, -0.1) is 0 Å². The molecule has 0 saturated carbocycles. The molecule has 2 saturated heterocycles. The van der Waals surface area contributed by atoms with E-state index >= 15 is 0 Å². The topological polar surface area (TPSA) is 32.3 Å². The maximum Gasteiger partial charge on any atom is 0.242 e. The third-order valence-electron chi connectivity index (χ3n) is 4.60. The summed E-state index contributed by atoms with van der Waals surface area (Å²) >= 11 is 0. The Hall–Kier alpha value is -0.570. The third kappa shape index (κ3) is 2.87. The van der Waals surface area contributed by atoms with E-state index in [1.807, 2.05) is 0 Å². The van der Waals surface area contributed by atoms with E-state index in [9.17, 15) is 4.79 Å². The van der Waals surface area contributed by atoms with E-state index < -0.39 is 0 Å². The first kappa shape index (κ1) is 13.9. The maximum atomic E-state index is 12.8. The van der Waals surface area contributed by atoms with Crippen LogP contribution in [0, 0.1) is 0 Å². The number of hydrogen-bond donors (Lipinski definition) is 1. The van der Waals surface area contributed by atoms with E-state index in [4.69, 9.17) is 0 Å². The number of carbonyl (C=O) groups excluding carboxylic acids is 1. The van der Waals surface area contributed by atoms with E-state index in [2.05, 4.69) is 24.1 Å². The Balaban J connectivity index is 2.05. The second kappa shape index (κ2) is 6.05. The second-order valence-electron chi connectivity index (χ2n) is 6.15. The zero-order chi connectivity index (χ0) is 13.0. The number of hydrogen-bond acceptors (Lipinski definition) is 2. The van der Waals surface area contributed by atoms with Gasteiger partial charge < -0.3 is 10.2 Å². The first-order valence-corrected chi connectivity index (χ1v) is 7.73. The van der Waals surface area contributed by atoms with Crippen LogP contribution in [0.15, 0.2) is 0 Å². The van der Waals surface area contributed by atoms with Gasteiger partial charge >= 0.3 is 0 Å². The summed E-state index contributed by atoms with van der Waals surface area (Å²) in [6.45, 7) is 6.29. The molecular weight excluding hydrogens is 224 g/mol. The molecule has 0 bridgehead atoms. The zero-order valence-electron chi connectivity index (χ0n) is 12.0. The van der Waals surface area contributed by atoms with Crippen LogP contribution in [0.4, 0.5) is 0 Å². The van der Waals surface area contributed by atoms with Gasteiger partial charge in [-0.1, -0.05) is 13.3 Å². The van der Waals surface area contributed by atoms with Crippen LogP contribution >= 0.6 is 0 Å². The molecule has 0 radical (unpaired) electrons. The van der Waals surface area contributed by atoms with Crippen molar-refractivity contribution in [3.8, 4) is 0 Å². The van der Waals surface area contributed by atoms with E-state index in [-0.39, 0.29) is 5.54 Å². The van der Waals surface area contributed by atoms with Gasteiger partial charge in [0.05, 0.1) is 5.54 Å². The Morgan fingerprint density at radius 3 is 2.83 bits per heavy atom. The van der Waals surface area contributed by atoms with Gasteiger partial charge in [-0.05, 0) is 58.4 Å². The highest BCUT2D eigenvalue weighted by Crippen LogP contribution is 2.27. The number of carbonyl (C=O) groups is 1. The first-order valence-electron chi connectivity index (χ1n) is 7.73. The van der Waals surface area contributed by atoms with Gasteiger partial charge in [-0.25, -0.2) is 0 Å². The smallest absolute Gasteiger partial charge is 0.242 e. The summed E-state index contributed by atoms with van der Waals surface area (Å²) in [6.07, 6.45) is 9.42. The SMILES string of the molecule is CCCC1CCCCN1C(=O)C1(C)CCCCN1. The van der Waals surface area contributed by atoms with Gasteiger partial charge in [-0.3, -0.25) is 4.79 Å². The van der Waals surface area contributed by atoms with Gasteiger partial charge in [-0.2, -0.15) is 0 Å². The monoisotopic (exact) mass is 252 g/mol. The molecule has 2 fully saturated rings. The van der Waals surface area contributed by atoms with E-state index in [1.165, 1.54) is 44.9 Å².